The molecule has 0 spiro atoms. The predicted molar refractivity (Wildman–Crippen MR) is 77.2 cm³/mol. The molecule has 2 unspecified atom stereocenters. The third kappa shape index (κ3) is 3.45. The Hall–Kier alpha value is -1.37. The average Bonchev–Trinajstić information content (AvgIpc) is 2.44. The molecule has 2 atom stereocenters. The summed E-state index contributed by atoms with van der Waals surface area (Å²) in [5, 5.41) is 10.4. The highest BCUT2D eigenvalue weighted by Gasteiger charge is 2.26. The van der Waals surface area contributed by atoms with Crippen molar-refractivity contribution >= 4 is 15.9 Å². The molecule has 0 fully saturated rings. The van der Waals surface area contributed by atoms with E-state index in [0.29, 0.717) is 4.47 Å². The summed E-state index contributed by atoms with van der Waals surface area (Å²) in [6.07, 6.45) is -1.22. The van der Waals surface area contributed by atoms with Gasteiger partial charge in [0, 0.05) is 23.0 Å². The summed E-state index contributed by atoms with van der Waals surface area (Å²) in [4.78, 5) is 0. The number of aliphatic hydroxyl groups is 1. The van der Waals surface area contributed by atoms with E-state index in [9.17, 15) is 18.3 Å². The van der Waals surface area contributed by atoms with Gasteiger partial charge in [-0.2, -0.15) is 0 Å². The lowest BCUT2D eigenvalue weighted by Crippen LogP contribution is -2.21. The minimum absolute atomic E-state index is 0.0767. The van der Waals surface area contributed by atoms with Crippen molar-refractivity contribution in [2.75, 3.05) is 6.54 Å². The molecule has 112 valence electrons. The highest BCUT2D eigenvalue weighted by molar-refractivity contribution is 9.10. The Labute approximate surface area is 128 Å². The lowest BCUT2D eigenvalue weighted by molar-refractivity contribution is 0.144. The molecular weight excluding hydrogens is 347 g/mol. The Morgan fingerprint density at radius 2 is 1.62 bits per heavy atom. The monoisotopic (exact) mass is 359 g/mol. The van der Waals surface area contributed by atoms with Gasteiger partial charge in [0.25, 0.3) is 0 Å². The SMILES string of the molecule is NCC(c1ccc(F)cc1F)C(O)c1cc(F)ccc1Br. The minimum atomic E-state index is -1.22. The topological polar surface area (TPSA) is 46.2 Å². The molecule has 2 rings (SSSR count). The van der Waals surface area contributed by atoms with Crippen molar-refractivity contribution in [2.45, 2.75) is 12.0 Å². The van der Waals surface area contributed by atoms with Crippen molar-refractivity contribution in [3.05, 3.63) is 69.4 Å². The first-order chi connectivity index (χ1) is 9.93. The summed E-state index contributed by atoms with van der Waals surface area (Å²) in [5.41, 5.74) is 5.95. The van der Waals surface area contributed by atoms with Gasteiger partial charge in [-0.3, -0.25) is 0 Å². The summed E-state index contributed by atoms with van der Waals surface area (Å²) in [6.45, 7) is -0.0767. The van der Waals surface area contributed by atoms with Crippen LogP contribution in [0.15, 0.2) is 40.9 Å². The molecule has 21 heavy (non-hydrogen) atoms. The van der Waals surface area contributed by atoms with Crippen LogP contribution in [-0.2, 0) is 0 Å². The van der Waals surface area contributed by atoms with E-state index >= 15 is 0 Å². The van der Waals surface area contributed by atoms with Crippen LogP contribution >= 0.6 is 15.9 Å². The number of rotatable bonds is 4. The first-order valence-electron chi connectivity index (χ1n) is 6.22. The van der Waals surface area contributed by atoms with Gasteiger partial charge in [0.1, 0.15) is 17.5 Å². The van der Waals surface area contributed by atoms with Gasteiger partial charge < -0.3 is 10.8 Å². The molecule has 0 heterocycles. The molecule has 2 aromatic rings. The zero-order chi connectivity index (χ0) is 15.6. The zero-order valence-electron chi connectivity index (χ0n) is 10.9. The summed E-state index contributed by atoms with van der Waals surface area (Å²) in [5.74, 6) is -2.85. The van der Waals surface area contributed by atoms with Crippen LogP contribution in [-0.4, -0.2) is 11.7 Å². The van der Waals surface area contributed by atoms with Crippen LogP contribution in [0.1, 0.15) is 23.1 Å². The molecule has 0 aliphatic carbocycles. The van der Waals surface area contributed by atoms with Crippen molar-refractivity contribution in [3.8, 4) is 0 Å². The second kappa shape index (κ2) is 6.60. The number of nitrogens with two attached hydrogens (primary N) is 1. The second-order valence-electron chi connectivity index (χ2n) is 4.62. The molecule has 2 aromatic carbocycles. The summed E-state index contributed by atoms with van der Waals surface area (Å²) >= 11 is 3.21. The van der Waals surface area contributed by atoms with E-state index in [4.69, 9.17) is 5.73 Å². The summed E-state index contributed by atoms with van der Waals surface area (Å²) < 4.78 is 40.6. The molecule has 0 aliphatic heterocycles. The highest BCUT2D eigenvalue weighted by Crippen LogP contribution is 2.35. The van der Waals surface area contributed by atoms with Crippen LogP contribution in [0, 0.1) is 17.5 Å². The van der Waals surface area contributed by atoms with Crippen molar-refractivity contribution < 1.29 is 18.3 Å². The normalized spacial score (nSPS) is 14.0. The third-order valence-corrected chi connectivity index (χ3v) is 4.00. The van der Waals surface area contributed by atoms with E-state index in [1.54, 1.807) is 0 Å². The molecule has 0 aromatic heterocycles. The number of aliphatic hydroxyl groups excluding tert-OH is 1. The second-order valence-corrected chi connectivity index (χ2v) is 5.47. The van der Waals surface area contributed by atoms with E-state index in [1.807, 2.05) is 0 Å². The third-order valence-electron chi connectivity index (χ3n) is 3.27. The lowest BCUT2D eigenvalue weighted by atomic mass is 9.89. The van der Waals surface area contributed by atoms with Crippen molar-refractivity contribution in [1.82, 2.24) is 0 Å². The maximum absolute atomic E-state index is 13.9. The minimum Gasteiger partial charge on any atom is -0.388 e. The van der Waals surface area contributed by atoms with Crippen molar-refractivity contribution in [2.24, 2.45) is 5.73 Å². The molecule has 0 radical (unpaired) electrons. The van der Waals surface area contributed by atoms with E-state index in [2.05, 4.69) is 15.9 Å². The predicted octanol–water partition coefficient (Wildman–Crippen LogP) is 3.64. The number of halogens is 4. The fourth-order valence-electron chi connectivity index (χ4n) is 2.19. The quantitative estimate of drug-likeness (QED) is 0.875. The first kappa shape index (κ1) is 16.0. The van der Waals surface area contributed by atoms with E-state index < -0.39 is 29.5 Å². The number of hydrogen-bond acceptors (Lipinski definition) is 2. The van der Waals surface area contributed by atoms with Gasteiger partial charge in [0.05, 0.1) is 6.10 Å². The highest BCUT2D eigenvalue weighted by atomic mass is 79.9. The molecule has 0 amide bonds. The van der Waals surface area contributed by atoms with Gasteiger partial charge in [-0.1, -0.05) is 22.0 Å². The lowest BCUT2D eigenvalue weighted by Gasteiger charge is -2.23. The Morgan fingerprint density at radius 1 is 1.00 bits per heavy atom. The van der Waals surface area contributed by atoms with Crippen LogP contribution in [0.3, 0.4) is 0 Å². The average molecular weight is 360 g/mol. The van der Waals surface area contributed by atoms with Crippen LogP contribution in [0.2, 0.25) is 0 Å². The Bertz CT molecular complexity index is 651. The molecule has 6 heteroatoms. The Morgan fingerprint density at radius 3 is 2.24 bits per heavy atom. The van der Waals surface area contributed by atoms with Gasteiger partial charge in [-0.25, -0.2) is 13.2 Å². The summed E-state index contributed by atoms with van der Waals surface area (Å²) in [7, 11) is 0. The van der Waals surface area contributed by atoms with Gasteiger partial charge in [0.15, 0.2) is 0 Å². The molecule has 0 bridgehead atoms. The smallest absolute Gasteiger partial charge is 0.129 e. The fourth-order valence-corrected chi connectivity index (χ4v) is 2.67. The maximum Gasteiger partial charge on any atom is 0.129 e. The van der Waals surface area contributed by atoms with E-state index in [1.165, 1.54) is 18.2 Å². The molecule has 2 nitrogen and oxygen atoms in total. The molecular formula is C15H13BrF3NO. The van der Waals surface area contributed by atoms with Gasteiger partial charge in [0.2, 0.25) is 0 Å². The Balaban J connectivity index is 2.43. The first-order valence-corrected chi connectivity index (χ1v) is 7.01. The van der Waals surface area contributed by atoms with Crippen molar-refractivity contribution in [1.29, 1.82) is 0 Å². The Kier molecular flexibility index (Phi) is 5.03. The molecule has 0 saturated heterocycles. The van der Waals surface area contributed by atoms with E-state index in [-0.39, 0.29) is 17.7 Å². The van der Waals surface area contributed by atoms with Crippen LogP contribution < -0.4 is 5.73 Å². The zero-order valence-corrected chi connectivity index (χ0v) is 12.4. The van der Waals surface area contributed by atoms with Crippen molar-refractivity contribution in [3.63, 3.8) is 0 Å². The maximum atomic E-state index is 13.9. The number of hydrogen-bond donors (Lipinski definition) is 2. The molecule has 0 saturated carbocycles. The fraction of sp³-hybridized carbons (Fsp3) is 0.200. The van der Waals surface area contributed by atoms with Gasteiger partial charge in [-0.15, -0.1) is 0 Å². The van der Waals surface area contributed by atoms with Crippen LogP contribution in [0.5, 0.6) is 0 Å². The standard InChI is InChI=1S/C15H13BrF3NO/c16-13-4-2-8(17)5-11(13)15(21)12(7-20)10-3-1-9(18)6-14(10)19/h1-6,12,15,21H,7,20H2. The van der Waals surface area contributed by atoms with Crippen LogP contribution in [0.4, 0.5) is 13.2 Å². The molecule has 0 aliphatic rings. The van der Waals surface area contributed by atoms with Gasteiger partial charge in [-0.05, 0) is 35.4 Å². The largest absolute Gasteiger partial charge is 0.388 e. The van der Waals surface area contributed by atoms with Crippen LogP contribution in [0.25, 0.3) is 0 Å². The number of benzene rings is 2. The molecule has 3 N–H and O–H groups in total. The van der Waals surface area contributed by atoms with E-state index in [0.717, 1.165) is 18.2 Å². The summed E-state index contributed by atoms with van der Waals surface area (Å²) in [6, 6.07) is 6.88. The van der Waals surface area contributed by atoms with Gasteiger partial charge >= 0.3 is 0 Å².